The second-order valence-electron chi connectivity index (χ2n) is 11.2. The van der Waals surface area contributed by atoms with Gasteiger partial charge in [0, 0.05) is 18.5 Å². The second-order valence-corrected chi connectivity index (χ2v) is 11.2. The molecule has 7 nitrogen and oxygen atoms in total. The summed E-state index contributed by atoms with van der Waals surface area (Å²) in [7, 11) is 1.61. The molecule has 7 heteroatoms. The molecule has 2 bridgehead atoms. The van der Waals surface area contributed by atoms with E-state index >= 15 is 0 Å². The molecular formula is C29H31NO6. The Bertz CT molecular complexity index is 1270. The maximum atomic E-state index is 13.6. The van der Waals surface area contributed by atoms with Crippen LogP contribution in [0.15, 0.2) is 36.4 Å². The zero-order valence-electron chi connectivity index (χ0n) is 20.5. The molecule has 2 aromatic carbocycles. The minimum absolute atomic E-state index is 0.0247. The number of Topliss-reactive ketones (excluding diaryl/α,β-unsaturated/α-hetero) is 1. The first-order chi connectivity index (χ1) is 17.4. The number of nitrogens with zero attached hydrogens (tertiary/aromatic N) is 1. The first-order valence-electron chi connectivity index (χ1n) is 13.1. The lowest BCUT2D eigenvalue weighted by molar-refractivity contribution is -0.215. The highest BCUT2D eigenvalue weighted by Gasteiger charge is 2.75. The van der Waals surface area contributed by atoms with Gasteiger partial charge in [0.1, 0.15) is 11.4 Å². The number of aromatic hydroxyl groups is 1. The van der Waals surface area contributed by atoms with Crippen LogP contribution < -0.4 is 9.47 Å². The molecule has 2 heterocycles. The molecule has 188 valence electrons. The van der Waals surface area contributed by atoms with Crippen LogP contribution in [0.4, 0.5) is 0 Å². The normalized spacial score (nSPS) is 32.0. The summed E-state index contributed by atoms with van der Waals surface area (Å²) in [6.07, 6.45) is 4.06. The van der Waals surface area contributed by atoms with Crippen LogP contribution in [0, 0.1) is 5.92 Å². The predicted molar refractivity (Wildman–Crippen MR) is 130 cm³/mol. The lowest BCUT2D eigenvalue weighted by atomic mass is 9.48. The third kappa shape index (κ3) is 2.95. The highest BCUT2D eigenvalue weighted by atomic mass is 16.6. The van der Waals surface area contributed by atoms with Crippen molar-refractivity contribution in [1.29, 1.82) is 0 Å². The summed E-state index contributed by atoms with van der Waals surface area (Å²) in [6, 6.07) is 11.1. The van der Waals surface area contributed by atoms with Crippen molar-refractivity contribution < 1.29 is 28.9 Å². The summed E-state index contributed by atoms with van der Waals surface area (Å²) in [4.78, 5) is 29.5. The Hall–Kier alpha value is -3.06. The fourth-order valence-corrected chi connectivity index (χ4v) is 7.63. The van der Waals surface area contributed by atoms with Gasteiger partial charge >= 0.3 is 5.97 Å². The first-order valence-corrected chi connectivity index (χ1v) is 13.1. The van der Waals surface area contributed by atoms with Gasteiger partial charge in [-0.3, -0.25) is 14.5 Å². The lowest BCUT2D eigenvalue weighted by Gasteiger charge is -2.63. The van der Waals surface area contributed by atoms with Gasteiger partial charge in [0.15, 0.2) is 23.4 Å². The van der Waals surface area contributed by atoms with Gasteiger partial charge in [0.2, 0.25) is 0 Å². The number of phenolic OH excluding ortho intramolecular Hbond substituents is 1. The van der Waals surface area contributed by atoms with E-state index < -0.39 is 17.1 Å². The van der Waals surface area contributed by atoms with Crippen molar-refractivity contribution in [2.75, 3.05) is 20.2 Å². The number of carbonyl (C=O) groups is 2. The third-order valence-electron chi connectivity index (χ3n) is 9.30. The zero-order valence-corrected chi connectivity index (χ0v) is 20.5. The molecule has 1 saturated heterocycles. The molecule has 7 rings (SSSR count). The van der Waals surface area contributed by atoms with Gasteiger partial charge in [0.05, 0.1) is 25.0 Å². The maximum absolute atomic E-state index is 13.6. The van der Waals surface area contributed by atoms with E-state index in [-0.39, 0.29) is 30.0 Å². The Balaban J connectivity index is 1.33. The summed E-state index contributed by atoms with van der Waals surface area (Å²) in [6.45, 7) is 1.83. The molecule has 3 aliphatic carbocycles. The van der Waals surface area contributed by atoms with Crippen LogP contribution in [0.25, 0.3) is 0 Å². The number of methoxy groups -OCH3 is 1. The molecule has 0 radical (unpaired) electrons. The third-order valence-corrected chi connectivity index (χ3v) is 9.30. The van der Waals surface area contributed by atoms with Gasteiger partial charge in [0.25, 0.3) is 0 Å². The van der Waals surface area contributed by atoms with Crippen molar-refractivity contribution in [2.45, 2.75) is 68.1 Å². The topological polar surface area (TPSA) is 85.3 Å². The second kappa shape index (κ2) is 7.72. The molecule has 3 fully saturated rings. The van der Waals surface area contributed by atoms with Gasteiger partial charge in [-0.15, -0.1) is 0 Å². The molecule has 2 aromatic rings. The number of ether oxygens (including phenoxy) is 3. The summed E-state index contributed by atoms with van der Waals surface area (Å²) >= 11 is 0. The van der Waals surface area contributed by atoms with E-state index in [0.717, 1.165) is 29.8 Å². The van der Waals surface area contributed by atoms with Gasteiger partial charge in [-0.2, -0.15) is 0 Å². The number of esters is 1. The summed E-state index contributed by atoms with van der Waals surface area (Å²) < 4.78 is 18.3. The van der Waals surface area contributed by atoms with Gasteiger partial charge < -0.3 is 19.3 Å². The van der Waals surface area contributed by atoms with Crippen LogP contribution in [0.5, 0.6) is 17.2 Å². The smallest absolute Gasteiger partial charge is 0.310 e. The Labute approximate surface area is 210 Å². The van der Waals surface area contributed by atoms with Crippen LogP contribution in [0.3, 0.4) is 0 Å². The van der Waals surface area contributed by atoms with E-state index in [1.807, 2.05) is 30.3 Å². The highest BCUT2D eigenvalue weighted by Crippen LogP contribution is 2.66. The van der Waals surface area contributed by atoms with Crippen LogP contribution >= 0.6 is 0 Å². The van der Waals surface area contributed by atoms with Crippen molar-refractivity contribution in [2.24, 2.45) is 5.92 Å². The number of hydrogen-bond donors (Lipinski definition) is 1. The van der Waals surface area contributed by atoms with E-state index in [4.69, 9.17) is 14.2 Å². The van der Waals surface area contributed by atoms with Crippen LogP contribution in [0.2, 0.25) is 0 Å². The Morgan fingerprint density at radius 2 is 2.08 bits per heavy atom. The zero-order chi connectivity index (χ0) is 24.7. The van der Waals surface area contributed by atoms with E-state index in [1.165, 1.54) is 12.8 Å². The fraction of sp³-hybridized carbons (Fsp3) is 0.517. The first kappa shape index (κ1) is 22.2. The maximum Gasteiger partial charge on any atom is 0.310 e. The molecule has 36 heavy (non-hydrogen) atoms. The fourth-order valence-electron chi connectivity index (χ4n) is 7.63. The van der Waals surface area contributed by atoms with E-state index in [2.05, 4.69) is 4.90 Å². The molecule has 2 saturated carbocycles. The van der Waals surface area contributed by atoms with Crippen molar-refractivity contribution in [1.82, 2.24) is 4.90 Å². The molecule has 4 atom stereocenters. The molecule has 0 aromatic heterocycles. The number of piperidine rings is 1. The van der Waals surface area contributed by atoms with Gasteiger partial charge in [-0.05, 0) is 73.9 Å². The van der Waals surface area contributed by atoms with Crippen LogP contribution in [-0.4, -0.2) is 59.7 Å². The standard InChI is InChI=1S/C29H31NO6/c1-34-20-4-2-3-18(13-20)14-24(33)36-29-10-9-22(32)27-28(29)11-12-30(16-17-5-6-17)23(29)15-19-7-8-21(31)26(35-27)25(19)28/h2-4,7-8,13,17,23,27,31H,5-6,9-12,14-16H2,1H3/t23?,27-,28-,29+/m0/s1. The minimum Gasteiger partial charge on any atom is -0.504 e. The van der Waals surface area contributed by atoms with Gasteiger partial charge in [-0.1, -0.05) is 18.2 Å². The highest BCUT2D eigenvalue weighted by molar-refractivity contribution is 5.90. The Morgan fingerprint density at radius 1 is 1.22 bits per heavy atom. The number of phenols is 1. The molecule has 5 aliphatic rings. The van der Waals surface area contributed by atoms with Crippen LogP contribution in [-0.2, 0) is 32.6 Å². The molecule has 1 N–H and O–H groups in total. The monoisotopic (exact) mass is 489 g/mol. The number of likely N-dealkylation sites (tertiary alicyclic amines) is 1. The SMILES string of the molecule is COc1cccc(CC(=O)O[C@@]23CCC(=O)[C@@H]4Oc5c(O)ccc6c5[C@@]42CCN(CC2CC2)C3C6)c1. The van der Waals surface area contributed by atoms with Crippen molar-refractivity contribution >= 4 is 11.8 Å². The quantitative estimate of drug-likeness (QED) is 0.623. The molecule has 2 aliphatic heterocycles. The Morgan fingerprint density at radius 3 is 2.89 bits per heavy atom. The van der Waals surface area contributed by atoms with Crippen molar-refractivity contribution in [3.05, 3.63) is 53.1 Å². The predicted octanol–water partition coefficient (Wildman–Crippen LogP) is 3.33. The van der Waals surface area contributed by atoms with Crippen molar-refractivity contribution in [3.8, 4) is 17.2 Å². The molecule has 1 spiro atoms. The number of ketones is 1. The van der Waals surface area contributed by atoms with E-state index in [1.54, 1.807) is 13.2 Å². The number of carbonyl (C=O) groups excluding carboxylic acids is 2. The number of benzene rings is 2. The molecule has 1 unspecified atom stereocenters. The average Bonchev–Trinajstić information content (AvgIpc) is 3.61. The summed E-state index contributed by atoms with van der Waals surface area (Å²) in [5.41, 5.74) is 1.19. The minimum atomic E-state index is -0.874. The average molecular weight is 490 g/mol. The number of rotatable bonds is 6. The Kier molecular flexibility index (Phi) is 4.75. The lowest BCUT2D eigenvalue weighted by Crippen LogP contribution is -2.77. The van der Waals surface area contributed by atoms with E-state index in [9.17, 15) is 14.7 Å². The number of hydrogen-bond acceptors (Lipinski definition) is 7. The van der Waals surface area contributed by atoms with Gasteiger partial charge in [-0.25, -0.2) is 0 Å². The summed E-state index contributed by atoms with van der Waals surface area (Å²) in [5, 5.41) is 10.7. The van der Waals surface area contributed by atoms with Crippen LogP contribution in [0.1, 0.15) is 48.8 Å². The van der Waals surface area contributed by atoms with Crippen molar-refractivity contribution in [3.63, 3.8) is 0 Å². The largest absolute Gasteiger partial charge is 0.504 e. The molecule has 0 amide bonds. The molecular weight excluding hydrogens is 458 g/mol. The van der Waals surface area contributed by atoms with E-state index in [0.29, 0.717) is 43.1 Å². The summed E-state index contributed by atoms with van der Waals surface area (Å²) in [5.74, 6) is 1.60.